The lowest BCUT2D eigenvalue weighted by molar-refractivity contribution is 0.0953. The van der Waals surface area contributed by atoms with Gasteiger partial charge in [-0.15, -0.1) is 12.4 Å². The van der Waals surface area contributed by atoms with Gasteiger partial charge in [0.25, 0.3) is 5.91 Å². The van der Waals surface area contributed by atoms with E-state index in [2.05, 4.69) is 5.32 Å². The van der Waals surface area contributed by atoms with Crippen LogP contribution < -0.4 is 11.1 Å². The fraction of sp³-hybridized carbons (Fsp3) is 0.444. The molecule has 0 fully saturated rings. The third kappa shape index (κ3) is 3.05. The molecule has 0 bridgehead atoms. The number of furan rings is 1. The van der Waals surface area contributed by atoms with Gasteiger partial charge in [0.2, 0.25) is 0 Å². The van der Waals surface area contributed by atoms with E-state index in [4.69, 9.17) is 10.2 Å². The van der Waals surface area contributed by atoms with Crippen LogP contribution in [0.25, 0.3) is 0 Å². The second-order valence-corrected chi connectivity index (χ2v) is 2.87. The van der Waals surface area contributed by atoms with E-state index in [0.29, 0.717) is 24.4 Å². The second kappa shape index (κ2) is 5.67. The van der Waals surface area contributed by atoms with Crippen molar-refractivity contribution in [3.05, 3.63) is 23.2 Å². The summed E-state index contributed by atoms with van der Waals surface area (Å²) in [6, 6.07) is 1.72. The van der Waals surface area contributed by atoms with Crippen LogP contribution in [0.5, 0.6) is 0 Å². The van der Waals surface area contributed by atoms with E-state index in [-0.39, 0.29) is 18.3 Å². The minimum Gasteiger partial charge on any atom is -0.466 e. The van der Waals surface area contributed by atoms with Crippen molar-refractivity contribution in [2.45, 2.75) is 13.8 Å². The van der Waals surface area contributed by atoms with Gasteiger partial charge in [0.05, 0.1) is 5.56 Å². The summed E-state index contributed by atoms with van der Waals surface area (Å²) in [5.74, 6) is 1.27. The molecule has 4 nitrogen and oxygen atoms in total. The van der Waals surface area contributed by atoms with Crippen LogP contribution in [0.1, 0.15) is 21.9 Å². The van der Waals surface area contributed by atoms with Crippen LogP contribution in [0.15, 0.2) is 10.5 Å². The highest BCUT2D eigenvalue weighted by molar-refractivity contribution is 5.95. The Morgan fingerprint density at radius 1 is 1.57 bits per heavy atom. The molecule has 0 saturated carbocycles. The molecule has 80 valence electrons. The Balaban J connectivity index is 0.00000169. The summed E-state index contributed by atoms with van der Waals surface area (Å²) in [5, 5.41) is 2.68. The number of carbonyl (C=O) groups excluding carboxylic acids is 1. The van der Waals surface area contributed by atoms with Gasteiger partial charge in [0.15, 0.2) is 0 Å². The molecule has 5 heteroatoms. The Labute approximate surface area is 89.3 Å². The zero-order valence-corrected chi connectivity index (χ0v) is 9.11. The Kier molecular flexibility index (Phi) is 5.27. The Bertz CT molecular complexity index is 310. The van der Waals surface area contributed by atoms with Crippen LogP contribution in [0, 0.1) is 13.8 Å². The van der Waals surface area contributed by atoms with Crippen LogP contribution in [0.3, 0.4) is 0 Å². The van der Waals surface area contributed by atoms with E-state index in [0.717, 1.165) is 5.76 Å². The third-order valence-electron chi connectivity index (χ3n) is 1.72. The Morgan fingerprint density at radius 3 is 2.64 bits per heavy atom. The molecule has 1 aromatic rings. The van der Waals surface area contributed by atoms with Gasteiger partial charge in [0, 0.05) is 13.1 Å². The molecule has 14 heavy (non-hydrogen) atoms. The highest BCUT2D eigenvalue weighted by Crippen LogP contribution is 2.12. The number of carbonyl (C=O) groups is 1. The first-order valence-electron chi connectivity index (χ1n) is 4.20. The maximum absolute atomic E-state index is 11.4. The van der Waals surface area contributed by atoms with E-state index in [1.165, 1.54) is 0 Å². The number of nitrogens with two attached hydrogens (primary N) is 1. The quantitative estimate of drug-likeness (QED) is 0.796. The summed E-state index contributed by atoms with van der Waals surface area (Å²) in [5.41, 5.74) is 5.85. The van der Waals surface area contributed by atoms with E-state index in [1.54, 1.807) is 13.0 Å². The third-order valence-corrected chi connectivity index (χ3v) is 1.72. The van der Waals surface area contributed by atoms with Gasteiger partial charge >= 0.3 is 0 Å². The summed E-state index contributed by atoms with van der Waals surface area (Å²) in [4.78, 5) is 11.4. The zero-order chi connectivity index (χ0) is 9.84. The molecule has 0 atom stereocenters. The molecule has 0 spiro atoms. The first kappa shape index (κ1) is 13.0. The predicted octanol–water partition coefficient (Wildman–Crippen LogP) is 1.01. The Morgan fingerprint density at radius 2 is 2.21 bits per heavy atom. The van der Waals surface area contributed by atoms with Gasteiger partial charge in [0.1, 0.15) is 11.5 Å². The van der Waals surface area contributed by atoms with Crippen molar-refractivity contribution < 1.29 is 9.21 Å². The molecule has 0 radical (unpaired) electrons. The van der Waals surface area contributed by atoms with Gasteiger partial charge in [-0.1, -0.05) is 0 Å². The maximum atomic E-state index is 11.4. The number of hydrogen-bond donors (Lipinski definition) is 2. The maximum Gasteiger partial charge on any atom is 0.254 e. The number of rotatable bonds is 3. The van der Waals surface area contributed by atoms with E-state index < -0.39 is 0 Å². The molecule has 1 heterocycles. The normalized spacial score (nSPS) is 9.36. The number of hydrogen-bond acceptors (Lipinski definition) is 3. The minimum atomic E-state index is -0.125. The Hall–Kier alpha value is -1.000. The van der Waals surface area contributed by atoms with Crippen LogP contribution in [0.4, 0.5) is 0 Å². The molecule has 1 aromatic heterocycles. The van der Waals surface area contributed by atoms with Crippen molar-refractivity contribution >= 4 is 18.3 Å². The average Bonchev–Trinajstić information content (AvgIpc) is 2.41. The number of halogens is 1. The fourth-order valence-corrected chi connectivity index (χ4v) is 1.14. The number of aryl methyl sites for hydroxylation is 2. The van der Waals surface area contributed by atoms with Crippen molar-refractivity contribution in [1.82, 2.24) is 5.32 Å². The lowest BCUT2D eigenvalue weighted by Gasteiger charge is -2.00. The predicted molar refractivity (Wildman–Crippen MR) is 56.8 cm³/mol. The summed E-state index contributed by atoms with van der Waals surface area (Å²) >= 11 is 0. The first-order valence-corrected chi connectivity index (χ1v) is 4.20. The summed E-state index contributed by atoms with van der Waals surface area (Å²) < 4.78 is 5.22. The highest BCUT2D eigenvalue weighted by atomic mass is 35.5. The van der Waals surface area contributed by atoms with Gasteiger partial charge < -0.3 is 15.5 Å². The molecule has 0 aliphatic heterocycles. The molecule has 0 aliphatic carbocycles. The van der Waals surface area contributed by atoms with E-state index >= 15 is 0 Å². The zero-order valence-electron chi connectivity index (χ0n) is 8.29. The van der Waals surface area contributed by atoms with Crippen LogP contribution in [-0.4, -0.2) is 19.0 Å². The first-order chi connectivity index (χ1) is 6.15. The number of nitrogens with one attached hydrogen (secondary N) is 1. The largest absolute Gasteiger partial charge is 0.466 e. The van der Waals surface area contributed by atoms with Gasteiger partial charge in [-0.05, 0) is 19.9 Å². The van der Waals surface area contributed by atoms with Gasteiger partial charge in [-0.25, -0.2) is 0 Å². The van der Waals surface area contributed by atoms with Crippen LogP contribution in [-0.2, 0) is 0 Å². The summed E-state index contributed by atoms with van der Waals surface area (Å²) in [7, 11) is 0. The lowest BCUT2D eigenvalue weighted by atomic mass is 10.2. The van der Waals surface area contributed by atoms with Crippen LogP contribution in [0.2, 0.25) is 0 Å². The molecular weight excluding hydrogens is 204 g/mol. The van der Waals surface area contributed by atoms with Gasteiger partial charge in [-0.3, -0.25) is 4.79 Å². The lowest BCUT2D eigenvalue weighted by Crippen LogP contribution is -2.29. The molecule has 0 saturated heterocycles. The minimum absolute atomic E-state index is 0. The highest BCUT2D eigenvalue weighted by Gasteiger charge is 2.11. The summed E-state index contributed by atoms with van der Waals surface area (Å²) in [6.45, 7) is 4.52. The molecule has 0 aliphatic rings. The van der Waals surface area contributed by atoms with Crippen molar-refractivity contribution in [2.24, 2.45) is 5.73 Å². The second-order valence-electron chi connectivity index (χ2n) is 2.87. The monoisotopic (exact) mass is 218 g/mol. The molecular formula is C9H15ClN2O2. The standard InChI is InChI=1S/C9H14N2O2.ClH/c1-6-5-8(7(2)13-6)9(12)11-4-3-10;/h5H,3-4,10H2,1-2H3,(H,11,12);1H. The fourth-order valence-electron chi connectivity index (χ4n) is 1.14. The molecule has 3 N–H and O–H groups in total. The van der Waals surface area contributed by atoms with E-state index in [9.17, 15) is 4.79 Å². The van der Waals surface area contributed by atoms with Crippen LogP contribution >= 0.6 is 12.4 Å². The van der Waals surface area contributed by atoms with E-state index in [1.807, 2.05) is 6.92 Å². The van der Waals surface area contributed by atoms with Crippen molar-refractivity contribution in [3.8, 4) is 0 Å². The topological polar surface area (TPSA) is 68.3 Å². The van der Waals surface area contributed by atoms with Gasteiger partial charge in [-0.2, -0.15) is 0 Å². The van der Waals surface area contributed by atoms with Crippen molar-refractivity contribution in [1.29, 1.82) is 0 Å². The van der Waals surface area contributed by atoms with Crippen molar-refractivity contribution in [2.75, 3.05) is 13.1 Å². The number of amides is 1. The molecule has 1 rings (SSSR count). The smallest absolute Gasteiger partial charge is 0.254 e. The molecule has 1 amide bonds. The van der Waals surface area contributed by atoms with Crippen molar-refractivity contribution in [3.63, 3.8) is 0 Å². The molecule has 0 unspecified atom stereocenters. The SMILES string of the molecule is Cc1cc(C(=O)NCCN)c(C)o1.Cl. The average molecular weight is 219 g/mol. The summed E-state index contributed by atoms with van der Waals surface area (Å²) in [6.07, 6.45) is 0. The molecule has 0 aromatic carbocycles.